The van der Waals surface area contributed by atoms with Crippen molar-refractivity contribution in [3.63, 3.8) is 0 Å². The second kappa shape index (κ2) is 4.59. The van der Waals surface area contributed by atoms with Crippen molar-refractivity contribution in [2.24, 2.45) is 0 Å². The fraction of sp³-hybridized carbons (Fsp3) is 0.308. The van der Waals surface area contributed by atoms with Crippen molar-refractivity contribution in [3.8, 4) is 11.8 Å². The molecule has 0 atom stereocenters. The van der Waals surface area contributed by atoms with Crippen LogP contribution in [0.15, 0.2) is 18.2 Å². The minimum Gasteiger partial charge on any atom is -0.312 e. The zero-order valence-electron chi connectivity index (χ0n) is 9.09. The molecule has 2 nitrogen and oxygen atoms in total. The van der Waals surface area contributed by atoms with Crippen LogP contribution in [-0.4, -0.2) is 18.3 Å². The van der Waals surface area contributed by atoms with Crippen LogP contribution in [0.2, 0.25) is 0 Å². The Hall–Kier alpha value is -1.46. The Morgan fingerprint density at radius 1 is 1.56 bits per heavy atom. The molecule has 1 aliphatic rings. The number of nitrogens with zero attached hydrogens (tertiary/aromatic N) is 1. The van der Waals surface area contributed by atoms with E-state index in [9.17, 15) is 4.79 Å². The topological polar surface area (TPSA) is 20.3 Å². The number of hydrogen-bond donors (Lipinski definition) is 0. The van der Waals surface area contributed by atoms with E-state index in [1.807, 2.05) is 18.2 Å². The summed E-state index contributed by atoms with van der Waals surface area (Å²) in [6.45, 7) is 2.37. The van der Waals surface area contributed by atoms with Gasteiger partial charge in [-0.2, -0.15) is 0 Å². The summed E-state index contributed by atoms with van der Waals surface area (Å²) >= 11 is 5.51. The number of halogens is 1. The molecule has 0 radical (unpaired) electrons. The number of rotatable bonds is 0. The molecule has 0 unspecified atom stereocenters. The molecule has 0 aliphatic carbocycles. The van der Waals surface area contributed by atoms with Gasteiger partial charge in [-0.3, -0.25) is 4.79 Å². The highest BCUT2D eigenvalue weighted by atomic mass is 35.5. The molecule has 1 aromatic carbocycles. The SMILES string of the molecule is CC(=O)N1CCc2cc(C#CCCl)ccc21. The first-order valence-corrected chi connectivity index (χ1v) is 5.71. The Balaban J connectivity index is 2.32. The van der Waals surface area contributed by atoms with Crippen LogP contribution in [0.5, 0.6) is 0 Å². The van der Waals surface area contributed by atoms with Gasteiger partial charge in [0.05, 0.1) is 5.88 Å². The molecule has 1 heterocycles. The van der Waals surface area contributed by atoms with Crippen LogP contribution >= 0.6 is 11.6 Å². The minimum absolute atomic E-state index is 0.0957. The maximum absolute atomic E-state index is 11.3. The van der Waals surface area contributed by atoms with E-state index in [2.05, 4.69) is 11.8 Å². The smallest absolute Gasteiger partial charge is 0.223 e. The molecule has 1 aromatic rings. The van der Waals surface area contributed by atoms with Gasteiger partial charge in [0.15, 0.2) is 0 Å². The maximum Gasteiger partial charge on any atom is 0.223 e. The summed E-state index contributed by atoms with van der Waals surface area (Å²) in [6.07, 6.45) is 0.908. The van der Waals surface area contributed by atoms with Gasteiger partial charge < -0.3 is 4.90 Å². The van der Waals surface area contributed by atoms with Crippen LogP contribution in [0, 0.1) is 11.8 Å². The lowest BCUT2D eigenvalue weighted by Crippen LogP contribution is -2.25. The number of hydrogen-bond acceptors (Lipinski definition) is 1. The van der Waals surface area contributed by atoms with Crippen molar-refractivity contribution in [1.82, 2.24) is 0 Å². The average molecular weight is 234 g/mol. The lowest BCUT2D eigenvalue weighted by molar-refractivity contribution is -0.116. The summed E-state index contributed by atoms with van der Waals surface area (Å²) in [5, 5.41) is 0. The second-order valence-corrected chi connectivity index (χ2v) is 3.97. The lowest BCUT2D eigenvalue weighted by atomic mass is 10.1. The predicted octanol–water partition coefficient (Wildman–Crippen LogP) is 2.19. The van der Waals surface area contributed by atoms with Crippen molar-refractivity contribution in [2.75, 3.05) is 17.3 Å². The molecule has 1 aliphatic heterocycles. The predicted molar refractivity (Wildman–Crippen MR) is 65.8 cm³/mol. The summed E-state index contributed by atoms with van der Waals surface area (Å²) < 4.78 is 0. The van der Waals surface area contributed by atoms with Gasteiger partial charge in [0.2, 0.25) is 5.91 Å². The number of carbonyl (C=O) groups is 1. The molecule has 0 N–H and O–H groups in total. The van der Waals surface area contributed by atoms with Crippen molar-refractivity contribution >= 4 is 23.2 Å². The largest absolute Gasteiger partial charge is 0.312 e. The summed E-state index contributed by atoms with van der Waals surface area (Å²) in [4.78, 5) is 13.1. The van der Waals surface area contributed by atoms with Gasteiger partial charge in [-0.25, -0.2) is 0 Å². The average Bonchev–Trinajstić information content (AvgIpc) is 2.69. The molecule has 0 aromatic heterocycles. The van der Waals surface area contributed by atoms with Crippen LogP contribution in [0.3, 0.4) is 0 Å². The number of fused-ring (bicyclic) bond motifs is 1. The van der Waals surface area contributed by atoms with Crippen molar-refractivity contribution in [1.29, 1.82) is 0 Å². The van der Waals surface area contributed by atoms with E-state index in [-0.39, 0.29) is 5.91 Å². The zero-order valence-corrected chi connectivity index (χ0v) is 9.84. The molecule has 0 saturated heterocycles. The molecule has 0 saturated carbocycles. The first-order valence-electron chi connectivity index (χ1n) is 5.18. The molecule has 0 spiro atoms. The first kappa shape index (κ1) is 11.0. The van der Waals surface area contributed by atoms with Gasteiger partial charge in [-0.05, 0) is 30.2 Å². The molecule has 16 heavy (non-hydrogen) atoms. The van der Waals surface area contributed by atoms with E-state index in [1.165, 1.54) is 5.56 Å². The van der Waals surface area contributed by atoms with Crippen molar-refractivity contribution in [2.45, 2.75) is 13.3 Å². The van der Waals surface area contributed by atoms with Gasteiger partial charge in [0, 0.05) is 24.7 Å². The Bertz CT molecular complexity index is 484. The lowest BCUT2D eigenvalue weighted by Gasteiger charge is -2.14. The molecular weight excluding hydrogens is 222 g/mol. The Labute approximate surface area is 100 Å². The molecule has 0 bridgehead atoms. The summed E-state index contributed by atoms with van der Waals surface area (Å²) in [5.74, 6) is 6.25. The van der Waals surface area contributed by atoms with E-state index < -0.39 is 0 Å². The number of carbonyl (C=O) groups excluding carboxylic acids is 1. The summed E-state index contributed by atoms with van der Waals surface area (Å²) in [5.41, 5.74) is 3.17. The van der Waals surface area contributed by atoms with E-state index in [1.54, 1.807) is 11.8 Å². The Morgan fingerprint density at radius 2 is 2.38 bits per heavy atom. The normalized spacial score (nSPS) is 13.0. The molecule has 0 fully saturated rings. The highest BCUT2D eigenvalue weighted by Crippen LogP contribution is 2.28. The van der Waals surface area contributed by atoms with Gasteiger partial charge >= 0.3 is 0 Å². The minimum atomic E-state index is 0.0957. The van der Waals surface area contributed by atoms with Crippen LogP contribution in [0.4, 0.5) is 5.69 Å². The first-order chi connectivity index (χ1) is 7.72. The van der Waals surface area contributed by atoms with Gasteiger partial charge in [-0.1, -0.05) is 11.8 Å². The quantitative estimate of drug-likeness (QED) is 0.497. The van der Waals surface area contributed by atoms with Crippen LogP contribution in [0.1, 0.15) is 18.1 Å². The molecular formula is C13H12ClNO. The monoisotopic (exact) mass is 233 g/mol. The van der Waals surface area contributed by atoms with Crippen LogP contribution in [0.25, 0.3) is 0 Å². The number of alkyl halides is 1. The molecule has 2 rings (SSSR count). The zero-order chi connectivity index (χ0) is 11.5. The summed E-state index contributed by atoms with van der Waals surface area (Å²) in [6, 6.07) is 5.93. The van der Waals surface area contributed by atoms with E-state index in [0.717, 1.165) is 24.2 Å². The Kier molecular flexibility index (Phi) is 3.17. The Morgan fingerprint density at radius 3 is 3.06 bits per heavy atom. The van der Waals surface area contributed by atoms with Gasteiger partial charge in [-0.15, -0.1) is 11.6 Å². The molecule has 82 valence electrons. The van der Waals surface area contributed by atoms with Crippen LogP contribution < -0.4 is 4.90 Å². The highest BCUT2D eigenvalue weighted by Gasteiger charge is 2.21. The number of amides is 1. The highest BCUT2D eigenvalue weighted by molar-refractivity contribution is 6.19. The van der Waals surface area contributed by atoms with Gasteiger partial charge in [0.25, 0.3) is 0 Å². The van der Waals surface area contributed by atoms with E-state index >= 15 is 0 Å². The number of benzene rings is 1. The van der Waals surface area contributed by atoms with E-state index in [4.69, 9.17) is 11.6 Å². The van der Waals surface area contributed by atoms with Crippen molar-refractivity contribution < 1.29 is 4.79 Å². The summed E-state index contributed by atoms with van der Waals surface area (Å²) in [7, 11) is 0. The molecule has 1 amide bonds. The van der Waals surface area contributed by atoms with Crippen molar-refractivity contribution in [3.05, 3.63) is 29.3 Å². The fourth-order valence-corrected chi connectivity index (χ4v) is 2.01. The third kappa shape index (κ3) is 2.05. The third-order valence-electron chi connectivity index (χ3n) is 2.65. The van der Waals surface area contributed by atoms with Gasteiger partial charge in [0.1, 0.15) is 0 Å². The fourth-order valence-electron chi connectivity index (χ4n) is 1.94. The van der Waals surface area contributed by atoms with E-state index in [0.29, 0.717) is 5.88 Å². The number of anilines is 1. The molecule has 3 heteroatoms. The standard InChI is InChI=1S/C13H12ClNO/c1-10(16)15-8-6-12-9-11(3-2-7-14)4-5-13(12)15/h4-5,9H,6-8H2,1H3. The second-order valence-electron chi connectivity index (χ2n) is 3.70. The maximum atomic E-state index is 11.3. The van der Waals surface area contributed by atoms with Crippen LogP contribution in [-0.2, 0) is 11.2 Å². The third-order valence-corrected chi connectivity index (χ3v) is 2.79.